The van der Waals surface area contributed by atoms with E-state index in [1.807, 2.05) is 0 Å². The number of fused-ring (bicyclic) bond motifs is 2. The molecule has 0 saturated heterocycles. The van der Waals surface area contributed by atoms with Crippen LogP contribution in [0.3, 0.4) is 0 Å². The maximum absolute atomic E-state index is 3.54. The Morgan fingerprint density at radius 1 is 0.595 bits per heavy atom. The van der Waals surface area contributed by atoms with E-state index in [1.165, 1.54) is 25.7 Å². The molecule has 0 bridgehead atoms. The molecule has 0 N–H and O–H groups in total. The van der Waals surface area contributed by atoms with Gasteiger partial charge in [0.1, 0.15) is 0 Å². The summed E-state index contributed by atoms with van der Waals surface area (Å²) in [6, 6.07) is 0. The van der Waals surface area contributed by atoms with Gasteiger partial charge in [-0.3, -0.25) is 0 Å². The van der Waals surface area contributed by atoms with Gasteiger partial charge in [0.25, 0.3) is 0 Å². The Morgan fingerprint density at radius 3 is 1.11 bits per heavy atom. The molecule has 0 aromatic carbocycles. The number of halogens is 2. The van der Waals surface area contributed by atoms with Crippen molar-refractivity contribution in [1.82, 2.24) is 0 Å². The molecule has 3 heteroatoms. The quantitative estimate of drug-likeness (QED) is 0.402. The normalized spacial score (nSPS) is 25.6. The molecule has 0 aromatic rings. The zero-order valence-corrected chi connectivity index (χ0v) is 29.0. The summed E-state index contributed by atoms with van der Waals surface area (Å²) in [5.41, 5.74) is 6.67. The van der Waals surface area contributed by atoms with E-state index in [4.69, 9.17) is 0 Å². The molecule has 0 radical (unpaired) electrons. The maximum atomic E-state index is 3.54. The zero-order chi connectivity index (χ0) is 25.4. The largest absolute Gasteiger partial charge is 2.00 e. The molecule has 4 unspecified atom stereocenters. The van der Waals surface area contributed by atoms with Crippen LogP contribution in [0.15, 0.2) is 46.6 Å². The van der Waals surface area contributed by atoms with Crippen LogP contribution < -0.4 is 24.8 Å². The SMILES string of the molecule is CC(C)C1=CC=C(C(C)C)C2CC[CH-]C12.CC(C)C1=CC=C(C(C)C)C2CC[CH-]C12.[CH2-]CC[CH2-].[Cl-].[Cl-].[Zr+2]. The Kier molecular flexibility index (Phi) is 20.8. The van der Waals surface area contributed by atoms with E-state index in [1.54, 1.807) is 22.3 Å². The van der Waals surface area contributed by atoms with Crippen LogP contribution in [0.2, 0.25) is 0 Å². The number of hydrogen-bond donors (Lipinski definition) is 0. The Morgan fingerprint density at radius 2 is 0.865 bits per heavy atom. The van der Waals surface area contributed by atoms with Gasteiger partial charge in [-0.1, -0.05) is 115 Å². The molecule has 212 valence electrons. The number of allylic oxidation sites excluding steroid dienone is 8. The van der Waals surface area contributed by atoms with Gasteiger partial charge in [0.15, 0.2) is 0 Å². The van der Waals surface area contributed by atoms with Gasteiger partial charge in [0.05, 0.1) is 0 Å². The predicted octanol–water partition coefficient (Wildman–Crippen LogP) is 4.23. The molecular weight excluding hydrogens is 571 g/mol. The third-order valence-corrected chi connectivity index (χ3v) is 8.14. The van der Waals surface area contributed by atoms with E-state index >= 15 is 0 Å². The fraction of sp³-hybridized carbons (Fsp3) is 0.647. The van der Waals surface area contributed by atoms with Crippen LogP contribution >= 0.6 is 0 Å². The summed E-state index contributed by atoms with van der Waals surface area (Å²) in [5.74, 6) is 6.01. The second-order valence-electron chi connectivity index (χ2n) is 11.9. The molecule has 4 aliphatic rings. The molecular formula is C34H54Cl2Zr-4. The second kappa shape index (κ2) is 19.5. The van der Waals surface area contributed by atoms with Gasteiger partial charge in [0, 0.05) is 0 Å². The van der Waals surface area contributed by atoms with Crippen LogP contribution in [-0.4, -0.2) is 0 Å². The molecule has 0 heterocycles. The molecule has 4 rings (SSSR count). The summed E-state index contributed by atoms with van der Waals surface area (Å²) in [6.45, 7) is 25.7. The third-order valence-electron chi connectivity index (χ3n) is 8.14. The number of hydrogen-bond acceptors (Lipinski definition) is 0. The van der Waals surface area contributed by atoms with Gasteiger partial charge >= 0.3 is 26.2 Å². The van der Waals surface area contributed by atoms with Crippen molar-refractivity contribution < 1.29 is 51.0 Å². The average Bonchev–Trinajstić information content (AvgIpc) is 3.47. The fourth-order valence-corrected chi connectivity index (χ4v) is 6.33. The van der Waals surface area contributed by atoms with Crippen molar-refractivity contribution >= 4 is 0 Å². The molecule has 0 aliphatic heterocycles. The topological polar surface area (TPSA) is 0 Å². The van der Waals surface area contributed by atoms with Crippen molar-refractivity contribution in [3.63, 3.8) is 0 Å². The molecule has 2 fully saturated rings. The van der Waals surface area contributed by atoms with Crippen molar-refractivity contribution in [2.45, 2.75) is 93.9 Å². The second-order valence-corrected chi connectivity index (χ2v) is 11.9. The van der Waals surface area contributed by atoms with Crippen molar-refractivity contribution in [3.05, 3.63) is 73.3 Å². The average molecular weight is 625 g/mol. The van der Waals surface area contributed by atoms with Crippen LogP contribution in [0, 0.1) is 74.0 Å². The molecule has 4 atom stereocenters. The van der Waals surface area contributed by atoms with Gasteiger partial charge < -0.3 is 51.5 Å². The van der Waals surface area contributed by atoms with Crippen LogP contribution in [0.4, 0.5) is 0 Å². The molecule has 2 saturated carbocycles. The van der Waals surface area contributed by atoms with Crippen LogP contribution in [0.1, 0.15) is 93.9 Å². The minimum Gasteiger partial charge on any atom is -1.00 e. The Balaban J connectivity index is 0. The summed E-state index contributed by atoms with van der Waals surface area (Å²) in [4.78, 5) is 0. The monoisotopic (exact) mass is 622 g/mol. The van der Waals surface area contributed by atoms with Gasteiger partial charge in [0.2, 0.25) is 0 Å². The van der Waals surface area contributed by atoms with Crippen molar-refractivity contribution in [2.75, 3.05) is 0 Å². The first kappa shape index (κ1) is 39.6. The molecule has 0 spiro atoms. The van der Waals surface area contributed by atoms with E-state index in [0.29, 0.717) is 23.7 Å². The maximum Gasteiger partial charge on any atom is 2.00 e. The van der Waals surface area contributed by atoms with Gasteiger partial charge in [-0.15, -0.1) is 11.8 Å². The molecule has 0 amide bonds. The first-order valence-corrected chi connectivity index (χ1v) is 14.2. The molecule has 37 heavy (non-hydrogen) atoms. The van der Waals surface area contributed by atoms with E-state index in [-0.39, 0.29) is 51.0 Å². The van der Waals surface area contributed by atoms with Crippen LogP contribution in [0.25, 0.3) is 0 Å². The summed E-state index contributed by atoms with van der Waals surface area (Å²) in [5, 5.41) is 0. The Bertz CT molecular complexity index is 630. The Labute approximate surface area is 264 Å². The zero-order valence-electron chi connectivity index (χ0n) is 25.0. The predicted molar refractivity (Wildman–Crippen MR) is 153 cm³/mol. The van der Waals surface area contributed by atoms with Gasteiger partial charge in [-0.25, -0.2) is 12.8 Å². The standard InChI is InChI=1S/2C15H23.C4H8.2ClH.Zr/c2*1-10(2)12-8-9-13(11(3)4)15-7-5-6-14(12)15;1-3-4-2;;;/h2*6,8-11,14-15H,5,7H2,1-4H3;1-4H2;2*1H;/q2*-1;-2;;;+2/p-2. The summed E-state index contributed by atoms with van der Waals surface area (Å²) in [6.07, 6.45) is 22.0. The van der Waals surface area contributed by atoms with Crippen LogP contribution in [-0.2, 0) is 26.2 Å². The van der Waals surface area contributed by atoms with Crippen molar-refractivity contribution in [3.8, 4) is 0 Å². The van der Waals surface area contributed by atoms with Gasteiger partial charge in [-0.2, -0.15) is 12.8 Å². The summed E-state index contributed by atoms with van der Waals surface area (Å²) in [7, 11) is 0. The first-order chi connectivity index (χ1) is 16.1. The smallest absolute Gasteiger partial charge is 1.00 e. The summed E-state index contributed by atoms with van der Waals surface area (Å²) < 4.78 is 0. The fourth-order valence-electron chi connectivity index (χ4n) is 6.33. The molecule has 0 aromatic heterocycles. The minimum absolute atomic E-state index is 0. The van der Waals surface area contributed by atoms with E-state index in [9.17, 15) is 0 Å². The third kappa shape index (κ3) is 10.7. The van der Waals surface area contributed by atoms with Gasteiger partial charge in [-0.05, 0) is 35.5 Å². The van der Waals surface area contributed by atoms with E-state index < -0.39 is 0 Å². The van der Waals surface area contributed by atoms with E-state index in [0.717, 1.165) is 36.5 Å². The van der Waals surface area contributed by atoms with Crippen LogP contribution in [0.5, 0.6) is 0 Å². The Hall–Kier alpha value is 0.423. The number of rotatable bonds is 5. The summed E-state index contributed by atoms with van der Waals surface area (Å²) >= 11 is 0. The molecule has 4 aliphatic carbocycles. The first-order valence-electron chi connectivity index (χ1n) is 14.2. The molecule has 0 nitrogen and oxygen atoms in total. The van der Waals surface area contributed by atoms with Crippen molar-refractivity contribution in [1.29, 1.82) is 0 Å². The van der Waals surface area contributed by atoms with E-state index in [2.05, 4.69) is 106 Å². The number of unbranched alkanes of at least 4 members (excludes halogenated alkanes) is 1. The van der Waals surface area contributed by atoms with Crippen molar-refractivity contribution in [2.24, 2.45) is 47.3 Å². The minimum atomic E-state index is 0.